The van der Waals surface area contributed by atoms with Gasteiger partial charge in [0.25, 0.3) is 5.82 Å². The molecule has 0 saturated heterocycles. The maximum Gasteiger partial charge on any atom is 0.537 e. The standard InChI is InChI=1S/C30H35BN3/c1-20(2)25-18-24(23-13-9-8-10-14-23)19-26(21(3)4)29(25)31-33(7)27-15-11-12-22(5)28(27)30-32(6)16-17-34(30)31/h8-21H,1-7H3/q+1. The van der Waals surface area contributed by atoms with Gasteiger partial charge in [-0.15, -0.1) is 0 Å². The summed E-state index contributed by atoms with van der Waals surface area (Å²) in [6.45, 7) is 11.6. The Morgan fingerprint density at radius 1 is 0.824 bits per heavy atom. The molecule has 172 valence electrons. The van der Waals surface area contributed by atoms with Crippen LogP contribution in [0.4, 0.5) is 5.69 Å². The van der Waals surface area contributed by atoms with Crippen LogP contribution >= 0.6 is 0 Å². The normalized spacial score (nSPS) is 13.0. The first kappa shape index (κ1) is 22.5. The third kappa shape index (κ3) is 3.48. The number of imidazole rings is 1. The van der Waals surface area contributed by atoms with E-state index < -0.39 is 0 Å². The lowest BCUT2D eigenvalue weighted by Gasteiger charge is -2.34. The van der Waals surface area contributed by atoms with Gasteiger partial charge in [0.05, 0.1) is 12.6 Å². The fourth-order valence-electron chi connectivity index (χ4n) is 5.64. The van der Waals surface area contributed by atoms with Crippen LogP contribution in [0.15, 0.2) is 73.1 Å². The largest absolute Gasteiger partial charge is 0.537 e. The number of hydrogen-bond acceptors (Lipinski definition) is 1. The van der Waals surface area contributed by atoms with Gasteiger partial charge in [-0.05, 0) is 59.7 Å². The fourth-order valence-corrected chi connectivity index (χ4v) is 5.64. The molecular weight excluding hydrogens is 413 g/mol. The van der Waals surface area contributed by atoms with Gasteiger partial charge < -0.3 is 4.81 Å². The predicted octanol–water partition coefficient (Wildman–Crippen LogP) is 5.90. The van der Waals surface area contributed by atoms with Crippen molar-refractivity contribution in [1.82, 2.24) is 4.48 Å². The average Bonchev–Trinajstić information content (AvgIpc) is 3.20. The van der Waals surface area contributed by atoms with E-state index in [4.69, 9.17) is 0 Å². The quantitative estimate of drug-likeness (QED) is 0.280. The number of hydrogen-bond donors (Lipinski definition) is 0. The average molecular weight is 448 g/mol. The number of anilines is 1. The zero-order chi connectivity index (χ0) is 24.1. The summed E-state index contributed by atoms with van der Waals surface area (Å²) in [6, 6.07) is 22.3. The van der Waals surface area contributed by atoms with E-state index in [1.54, 1.807) is 0 Å². The summed E-state index contributed by atoms with van der Waals surface area (Å²) < 4.78 is 4.75. The molecule has 0 spiro atoms. The second-order valence-electron chi connectivity index (χ2n) is 10.3. The van der Waals surface area contributed by atoms with E-state index in [0.29, 0.717) is 11.8 Å². The molecule has 1 aliphatic heterocycles. The smallest absolute Gasteiger partial charge is 0.372 e. The maximum absolute atomic E-state index is 2.48. The van der Waals surface area contributed by atoms with Crippen LogP contribution in [0.25, 0.3) is 22.5 Å². The number of nitrogens with zero attached hydrogens (tertiary/aromatic N) is 3. The molecule has 0 amide bonds. The number of aromatic nitrogens is 2. The van der Waals surface area contributed by atoms with Crippen LogP contribution in [-0.2, 0) is 7.05 Å². The van der Waals surface area contributed by atoms with Crippen LogP contribution in [0.3, 0.4) is 0 Å². The number of aryl methyl sites for hydroxylation is 2. The summed E-state index contributed by atoms with van der Waals surface area (Å²) in [5.74, 6) is 2.10. The summed E-state index contributed by atoms with van der Waals surface area (Å²) >= 11 is 0. The Labute approximate surface area is 204 Å². The monoisotopic (exact) mass is 448 g/mol. The van der Waals surface area contributed by atoms with E-state index in [0.717, 1.165) is 0 Å². The van der Waals surface area contributed by atoms with Gasteiger partial charge in [0.1, 0.15) is 12.4 Å². The van der Waals surface area contributed by atoms with Crippen LogP contribution in [0, 0.1) is 6.92 Å². The van der Waals surface area contributed by atoms with Gasteiger partial charge in [0.15, 0.2) is 0 Å². The van der Waals surface area contributed by atoms with Crippen molar-refractivity contribution in [2.75, 3.05) is 11.9 Å². The van der Waals surface area contributed by atoms with E-state index in [1.807, 2.05) is 0 Å². The van der Waals surface area contributed by atoms with Crippen molar-refractivity contribution in [3.8, 4) is 22.5 Å². The van der Waals surface area contributed by atoms with Gasteiger partial charge in [0, 0.05) is 11.2 Å². The number of fused-ring (bicyclic) bond motifs is 3. The van der Waals surface area contributed by atoms with Crippen molar-refractivity contribution in [1.29, 1.82) is 0 Å². The first-order valence-electron chi connectivity index (χ1n) is 12.4. The summed E-state index contributed by atoms with van der Waals surface area (Å²) in [7, 11) is 4.42. The topological polar surface area (TPSA) is 12.0 Å². The predicted molar refractivity (Wildman–Crippen MR) is 145 cm³/mol. The van der Waals surface area contributed by atoms with Gasteiger partial charge in [-0.3, -0.25) is 4.48 Å². The highest BCUT2D eigenvalue weighted by Gasteiger charge is 2.45. The van der Waals surface area contributed by atoms with E-state index in [1.165, 1.54) is 50.4 Å². The van der Waals surface area contributed by atoms with E-state index in [9.17, 15) is 0 Å². The third-order valence-corrected chi connectivity index (χ3v) is 7.37. The zero-order valence-electron chi connectivity index (χ0n) is 21.5. The molecule has 4 aromatic rings. The lowest BCUT2D eigenvalue weighted by molar-refractivity contribution is -0.659. The molecule has 34 heavy (non-hydrogen) atoms. The molecule has 2 heterocycles. The highest BCUT2D eigenvalue weighted by molar-refractivity contribution is 6.77. The Balaban J connectivity index is 1.81. The molecule has 0 aliphatic carbocycles. The van der Waals surface area contributed by atoms with Crippen LogP contribution < -0.4 is 14.8 Å². The molecule has 1 aliphatic rings. The van der Waals surface area contributed by atoms with Gasteiger partial charge >= 0.3 is 6.98 Å². The van der Waals surface area contributed by atoms with Crippen molar-refractivity contribution in [2.45, 2.75) is 46.5 Å². The first-order valence-corrected chi connectivity index (χ1v) is 12.4. The van der Waals surface area contributed by atoms with Crippen LogP contribution in [-0.4, -0.2) is 18.5 Å². The van der Waals surface area contributed by atoms with Gasteiger partial charge in [-0.2, -0.15) is 0 Å². The fraction of sp³-hybridized carbons (Fsp3) is 0.300. The van der Waals surface area contributed by atoms with Crippen LogP contribution in [0.1, 0.15) is 56.2 Å². The minimum Gasteiger partial charge on any atom is -0.372 e. The Morgan fingerprint density at radius 3 is 2.09 bits per heavy atom. The maximum atomic E-state index is 2.48. The lowest BCUT2D eigenvalue weighted by atomic mass is 9.57. The Kier molecular flexibility index (Phi) is 5.63. The molecule has 0 N–H and O–H groups in total. The van der Waals surface area contributed by atoms with E-state index in [-0.39, 0.29) is 6.98 Å². The Morgan fingerprint density at radius 2 is 1.47 bits per heavy atom. The molecule has 0 radical (unpaired) electrons. The molecule has 5 rings (SSSR count). The van der Waals surface area contributed by atoms with E-state index in [2.05, 4.69) is 136 Å². The number of rotatable bonds is 4. The minimum absolute atomic E-state index is 0.102. The van der Waals surface area contributed by atoms with Gasteiger partial charge in [-0.1, -0.05) is 82.3 Å². The lowest BCUT2D eigenvalue weighted by Crippen LogP contribution is -2.58. The molecular formula is C30H35BN3+. The molecule has 0 atom stereocenters. The third-order valence-electron chi connectivity index (χ3n) is 7.37. The molecule has 0 bridgehead atoms. The number of benzene rings is 3. The molecule has 1 aromatic heterocycles. The molecule has 3 aromatic carbocycles. The highest BCUT2D eigenvalue weighted by atomic mass is 15.2. The molecule has 0 unspecified atom stereocenters. The summed E-state index contributed by atoms with van der Waals surface area (Å²) in [6.07, 6.45) is 4.45. The summed E-state index contributed by atoms with van der Waals surface area (Å²) in [4.78, 5) is 2.48. The van der Waals surface area contributed by atoms with Crippen LogP contribution in [0.2, 0.25) is 0 Å². The van der Waals surface area contributed by atoms with Crippen molar-refractivity contribution >= 4 is 18.1 Å². The second kappa shape index (κ2) is 8.50. The van der Waals surface area contributed by atoms with Crippen molar-refractivity contribution in [2.24, 2.45) is 7.05 Å². The van der Waals surface area contributed by atoms with E-state index >= 15 is 0 Å². The Hall–Kier alpha value is -3.27. The minimum atomic E-state index is 0.102. The molecule has 0 fully saturated rings. The summed E-state index contributed by atoms with van der Waals surface area (Å²) in [5, 5.41) is 0. The Bertz CT molecular complexity index is 1320. The van der Waals surface area contributed by atoms with Gasteiger partial charge in [0.2, 0.25) is 0 Å². The zero-order valence-corrected chi connectivity index (χ0v) is 21.5. The van der Waals surface area contributed by atoms with Crippen LogP contribution in [0.5, 0.6) is 0 Å². The second-order valence-corrected chi connectivity index (χ2v) is 10.3. The van der Waals surface area contributed by atoms with Crippen molar-refractivity contribution < 1.29 is 4.57 Å². The van der Waals surface area contributed by atoms with Gasteiger partial charge in [-0.25, -0.2) is 4.57 Å². The van der Waals surface area contributed by atoms with Crippen molar-refractivity contribution in [3.63, 3.8) is 0 Å². The first-order chi connectivity index (χ1) is 16.3. The summed E-state index contributed by atoms with van der Waals surface area (Å²) in [5.41, 5.74) is 10.8. The molecule has 4 heteroatoms. The highest BCUT2D eigenvalue weighted by Crippen LogP contribution is 2.38. The molecule has 0 saturated carbocycles. The SMILES string of the molecule is Cc1cccc2c1-c1n(cc[n+]1C)B(c1c(C(C)C)cc(-c3ccccc3)cc1C(C)C)N2C. The molecule has 3 nitrogen and oxygen atoms in total. The van der Waals surface area contributed by atoms with Crippen molar-refractivity contribution in [3.05, 3.63) is 89.7 Å².